The smallest absolute Gasteiger partial charge is 0.289 e. The fourth-order valence-corrected chi connectivity index (χ4v) is 1.45. The molecule has 0 saturated carbocycles. The van der Waals surface area contributed by atoms with Gasteiger partial charge >= 0.3 is 0 Å². The monoisotopic (exact) mass is 259 g/mol. The Morgan fingerprint density at radius 1 is 1.36 bits per heavy atom. The van der Waals surface area contributed by atoms with Crippen LogP contribution in [0.15, 0.2) is 22.7 Å². The normalized spacial score (nSPS) is 11.4. The van der Waals surface area contributed by atoms with Crippen molar-refractivity contribution >= 4 is 27.3 Å². The maximum absolute atomic E-state index is 10.7. The fraction of sp³-hybridized carbons (Fsp3) is 0.333. The largest absolute Gasteiger partial charge is 0.298 e. The summed E-state index contributed by atoms with van der Waals surface area (Å²) in [4.78, 5) is 10.3. The number of hydrogen-bond donors (Lipinski definition) is 0. The summed E-state index contributed by atoms with van der Waals surface area (Å²) in [6, 6.07) is 5.16. The highest BCUT2D eigenvalue weighted by Gasteiger charge is 2.19. The van der Waals surface area contributed by atoms with E-state index in [2.05, 4.69) is 15.9 Å². The maximum Gasteiger partial charge on any atom is 0.289 e. The van der Waals surface area contributed by atoms with Gasteiger partial charge in [0.25, 0.3) is 5.69 Å². The first-order valence-corrected chi connectivity index (χ1v) is 4.87. The van der Waals surface area contributed by atoms with Crippen LogP contribution < -0.4 is 4.48 Å². The first-order valence-electron chi connectivity index (χ1n) is 4.08. The van der Waals surface area contributed by atoms with Gasteiger partial charge in [-0.2, -0.15) is 0 Å². The van der Waals surface area contributed by atoms with Crippen LogP contribution in [-0.2, 0) is 0 Å². The quantitative estimate of drug-likeness (QED) is 0.466. The van der Waals surface area contributed by atoms with Gasteiger partial charge in [0.1, 0.15) is 5.69 Å². The van der Waals surface area contributed by atoms with E-state index in [1.54, 1.807) is 12.1 Å². The number of nitrogens with zero attached hydrogens (tertiary/aromatic N) is 2. The van der Waals surface area contributed by atoms with Crippen LogP contribution in [0.5, 0.6) is 0 Å². The van der Waals surface area contributed by atoms with Gasteiger partial charge in [0, 0.05) is 6.07 Å². The van der Waals surface area contributed by atoms with Crippen molar-refractivity contribution in [3.05, 3.63) is 32.8 Å². The van der Waals surface area contributed by atoms with E-state index in [-0.39, 0.29) is 10.6 Å². The Labute approximate surface area is 91.0 Å². The summed E-state index contributed by atoms with van der Waals surface area (Å²) in [6.45, 7) is 0. The highest BCUT2D eigenvalue weighted by atomic mass is 79.9. The van der Waals surface area contributed by atoms with E-state index in [1.807, 2.05) is 27.2 Å². The van der Waals surface area contributed by atoms with Gasteiger partial charge in [0.05, 0.1) is 36.6 Å². The zero-order valence-electron chi connectivity index (χ0n) is 8.32. The first kappa shape index (κ1) is 11.1. The molecule has 0 radical (unpaired) electrons. The van der Waals surface area contributed by atoms with Gasteiger partial charge in [-0.25, -0.2) is 0 Å². The van der Waals surface area contributed by atoms with Crippen molar-refractivity contribution in [3.8, 4) is 0 Å². The van der Waals surface area contributed by atoms with Crippen molar-refractivity contribution < 1.29 is 4.92 Å². The molecule has 0 spiro atoms. The molecule has 76 valence electrons. The molecule has 0 heterocycles. The van der Waals surface area contributed by atoms with E-state index >= 15 is 0 Å². The van der Waals surface area contributed by atoms with Crippen LogP contribution >= 0.6 is 15.9 Å². The molecule has 0 N–H and O–H groups in total. The Morgan fingerprint density at radius 2 is 1.93 bits per heavy atom. The van der Waals surface area contributed by atoms with Gasteiger partial charge in [-0.15, -0.1) is 0 Å². The SMILES string of the molecule is C[N+](C)(C)c1ccc(Br)c([N+](=O)[O-])c1. The number of hydrogen-bond acceptors (Lipinski definition) is 2. The summed E-state index contributed by atoms with van der Waals surface area (Å²) in [5, 5.41) is 10.7. The molecule has 0 aliphatic carbocycles. The lowest BCUT2D eigenvalue weighted by atomic mass is 10.2. The van der Waals surface area contributed by atoms with Crippen molar-refractivity contribution in [3.63, 3.8) is 0 Å². The number of nitro benzene ring substituents is 1. The van der Waals surface area contributed by atoms with Crippen LogP contribution in [0.25, 0.3) is 0 Å². The van der Waals surface area contributed by atoms with Gasteiger partial charge in [0.15, 0.2) is 0 Å². The van der Waals surface area contributed by atoms with Gasteiger partial charge in [-0.05, 0) is 22.0 Å². The minimum atomic E-state index is -0.386. The second-order valence-electron chi connectivity index (χ2n) is 3.91. The van der Waals surface area contributed by atoms with E-state index in [0.29, 0.717) is 8.96 Å². The Bertz CT molecular complexity index is 372. The average Bonchev–Trinajstić information content (AvgIpc) is 2.02. The van der Waals surface area contributed by atoms with Gasteiger partial charge < -0.3 is 0 Å². The number of halogens is 1. The van der Waals surface area contributed by atoms with E-state index in [0.717, 1.165) is 5.69 Å². The van der Waals surface area contributed by atoms with Crippen LogP contribution in [0.2, 0.25) is 0 Å². The standard InChI is InChI=1S/C9H12BrN2O2/c1-12(2,3)7-4-5-8(10)9(6-7)11(13)14/h4-6H,1-3H3/q+1. The Morgan fingerprint density at radius 3 is 2.36 bits per heavy atom. The Kier molecular flexibility index (Phi) is 2.92. The Hall–Kier alpha value is -0.940. The molecule has 0 aliphatic rings. The van der Waals surface area contributed by atoms with Gasteiger partial charge in [0.2, 0.25) is 0 Å². The predicted octanol–water partition coefficient (Wildman–Crippen LogP) is 2.55. The first-order chi connectivity index (χ1) is 6.32. The van der Waals surface area contributed by atoms with Crippen molar-refractivity contribution in [1.82, 2.24) is 4.48 Å². The van der Waals surface area contributed by atoms with Crippen LogP contribution in [0.3, 0.4) is 0 Å². The lowest BCUT2D eigenvalue weighted by Gasteiger charge is -2.23. The molecule has 0 saturated heterocycles. The maximum atomic E-state index is 10.7. The molecule has 1 rings (SSSR count). The third kappa shape index (κ3) is 2.30. The molecule has 1 aromatic carbocycles. The van der Waals surface area contributed by atoms with Crippen molar-refractivity contribution in [1.29, 1.82) is 0 Å². The summed E-state index contributed by atoms with van der Waals surface area (Å²) >= 11 is 3.15. The molecule has 14 heavy (non-hydrogen) atoms. The molecule has 0 amide bonds. The zero-order chi connectivity index (χ0) is 10.9. The molecule has 4 nitrogen and oxygen atoms in total. The minimum absolute atomic E-state index is 0.107. The van der Waals surface area contributed by atoms with Crippen molar-refractivity contribution in [2.75, 3.05) is 21.1 Å². The summed E-state index contributed by atoms with van der Waals surface area (Å²) in [6.07, 6.45) is 0. The molecular formula is C9H12BrN2O2+. The van der Waals surface area contributed by atoms with Crippen LogP contribution in [0.1, 0.15) is 0 Å². The molecule has 0 aliphatic heterocycles. The van der Waals surface area contributed by atoms with Crippen molar-refractivity contribution in [2.24, 2.45) is 0 Å². The third-order valence-electron chi connectivity index (χ3n) is 1.90. The average molecular weight is 260 g/mol. The molecule has 0 unspecified atom stereocenters. The van der Waals surface area contributed by atoms with E-state index in [9.17, 15) is 10.1 Å². The van der Waals surface area contributed by atoms with Gasteiger partial charge in [-0.1, -0.05) is 0 Å². The van der Waals surface area contributed by atoms with E-state index < -0.39 is 0 Å². The second-order valence-corrected chi connectivity index (χ2v) is 4.76. The lowest BCUT2D eigenvalue weighted by Crippen LogP contribution is -2.34. The summed E-state index contributed by atoms with van der Waals surface area (Å²) < 4.78 is 1.08. The van der Waals surface area contributed by atoms with Crippen molar-refractivity contribution in [2.45, 2.75) is 0 Å². The second kappa shape index (κ2) is 3.67. The highest BCUT2D eigenvalue weighted by molar-refractivity contribution is 9.10. The summed E-state index contributed by atoms with van der Waals surface area (Å²) in [7, 11) is 5.90. The third-order valence-corrected chi connectivity index (χ3v) is 2.57. The molecular weight excluding hydrogens is 248 g/mol. The zero-order valence-corrected chi connectivity index (χ0v) is 9.91. The predicted molar refractivity (Wildman–Crippen MR) is 60.4 cm³/mol. The Balaban J connectivity index is 3.27. The molecule has 5 heteroatoms. The number of quaternary nitrogens is 1. The number of nitro groups is 1. The summed E-state index contributed by atoms with van der Waals surface area (Å²) in [5.41, 5.74) is 1.01. The molecule has 1 aromatic rings. The highest BCUT2D eigenvalue weighted by Crippen LogP contribution is 2.30. The van der Waals surface area contributed by atoms with Crippen LogP contribution in [0.4, 0.5) is 11.4 Å². The summed E-state index contributed by atoms with van der Waals surface area (Å²) in [5.74, 6) is 0. The topological polar surface area (TPSA) is 43.1 Å². The lowest BCUT2D eigenvalue weighted by molar-refractivity contribution is -0.385. The molecule has 0 fully saturated rings. The molecule has 0 atom stereocenters. The fourth-order valence-electron chi connectivity index (χ4n) is 1.06. The molecule has 0 aromatic heterocycles. The number of benzene rings is 1. The minimum Gasteiger partial charge on any atom is -0.298 e. The number of rotatable bonds is 2. The van der Waals surface area contributed by atoms with Crippen LogP contribution in [0, 0.1) is 10.1 Å². The van der Waals surface area contributed by atoms with Crippen LogP contribution in [-0.4, -0.2) is 26.1 Å². The van der Waals surface area contributed by atoms with E-state index in [4.69, 9.17) is 0 Å². The molecule has 0 bridgehead atoms. The van der Waals surface area contributed by atoms with E-state index in [1.165, 1.54) is 0 Å². The van der Waals surface area contributed by atoms with Gasteiger partial charge in [-0.3, -0.25) is 14.6 Å².